The lowest BCUT2D eigenvalue weighted by molar-refractivity contribution is 0.271. The minimum Gasteiger partial charge on any atom is -0.390 e. The Labute approximate surface area is 128 Å². The molecule has 5 nitrogen and oxygen atoms in total. The Morgan fingerprint density at radius 1 is 1.29 bits per heavy atom. The highest BCUT2D eigenvalue weighted by atomic mass is 32.2. The number of sulfonamides is 1. The predicted molar refractivity (Wildman–Crippen MR) is 84.5 cm³/mol. The summed E-state index contributed by atoms with van der Waals surface area (Å²) in [4.78, 5) is 0.226. The van der Waals surface area contributed by atoms with E-state index in [0.717, 1.165) is 19.3 Å². The maximum Gasteiger partial charge on any atom is 0.242 e. The first-order chi connectivity index (χ1) is 9.80. The zero-order valence-corrected chi connectivity index (χ0v) is 14.3. The molecule has 1 aromatic heterocycles. The molecule has 1 unspecified atom stereocenters. The molecule has 0 saturated heterocycles. The van der Waals surface area contributed by atoms with E-state index in [9.17, 15) is 13.5 Å². The van der Waals surface area contributed by atoms with Crippen molar-refractivity contribution >= 4 is 10.0 Å². The Hall–Kier alpha value is -0.850. The van der Waals surface area contributed by atoms with Gasteiger partial charge in [0, 0.05) is 24.5 Å². The summed E-state index contributed by atoms with van der Waals surface area (Å²) in [5.41, 5.74) is 0.616. The predicted octanol–water partition coefficient (Wildman–Crippen LogP) is 2.49. The highest BCUT2D eigenvalue weighted by Gasteiger charge is 2.20. The minimum absolute atomic E-state index is 0.0868. The number of nitrogens with one attached hydrogen (secondary N) is 1. The van der Waals surface area contributed by atoms with Crippen molar-refractivity contribution in [3.05, 3.63) is 18.0 Å². The SMILES string of the molecule is CCn1cc(S(=O)(=O)NC(C)CCCC(C)C)cc1CO. The molecular weight excluding hydrogens is 288 g/mol. The van der Waals surface area contributed by atoms with Gasteiger partial charge >= 0.3 is 0 Å². The fourth-order valence-corrected chi connectivity index (χ4v) is 3.66. The van der Waals surface area contributed by atoms with Crippen LogP contribution in [0, 0.1) is 5.92 Å². The summed E-state index contributed by atoms with van der Waals surface area (Å²) in [6.45, 7) is 8.61. The third-order valence-electron chi connectivity index (χ3n) is 3.55. The number of aliphatic hydroxyl groups is 1. The molecule has 1 heterocycles. The molecule has 2 N–H and O–H groups in total. The second-order valence-electron chi connectivity index (χ2n) is 5.96. The third kappa shape index (κ3) is 5.45. The Morgan fingerprint density at radius 3 is 2.43 bits per heavy atom. The topological polar surface area (TPSA) is 71.3 Å². The van der Waals surface area contributed by atoms with Crippen molar-refractivity contribution in [2.45, 2.75) is 71.0 Å². The molecule has 1 rings (SSSR count). The van der Waals surface area contributed by atoms with E-state index in [2.05, 4.69) is 18.6 Å². The second kappa shape index (κ2) is 7.96. The lowest BCUT2D eigenvalue weighted by atomic mass is 10.0. The van der Waals surface area contributed by atoms with Gasteiger partial charge in [0.1, 0.15) is 0 Å². The van der Waals surface area contributed by atoms with Crippen LogP contribution in [0.1, 0.15) is 52.7 Å². The summed E-state index contributed by atoms with van der Waals surface area (Å²) in [6.07, 6.45) is 4.53. The highest BCUT2D eigenvalue weighted by Crippen LogP contribution is 2.16. The van der Waals surface area contributed by atoms with E-state index >= 15 is 0 Å². The van der Waals surface area contributed by atoms with Crippen molar-refractivity contribution in [3.8, 4) is 0 Å². The molecule has 1 atom stereocenters. The van der Waals surface area contributed by atoms with Gasteiger partial charge in [-0.3, -0.25) is 0 Å². The molecule has 0 amide bonds. The largest absolute Gasteiger partial charge is 0.390 e. The van der Waals surface area contributed by atoms with Gasteiger partial charge in [-0.2, -0.15) is 0 Å². The monoisotopic (exact) mass is 316 g/mol. The summed E-state index contributed by atoms with van der Waals surface area (Å²) >= 11 is 0. The number of aryl methyl sites for hydroxylation is 1. The molecule has 0 aromatic carbocycles. The standard InChI is InChI=1S/C15H28N2O3S/c1-5-17-10-15(9-14(17)11-18)21(19,20)16-13(4)8-6-7-12(2)3/h9-10,12-13,16,18H,5-8,11H2,1-4H3. The van der Waals surface area contributed by atoms with Gasteiger partial charge in [0.05, 0.1) is 11.5 Å². The molecule has 0 aliphatic rings. The van der Waals surface area contributed by atoms with Gasteiger partial charge in [-0.15, -0.1) is 0 Å². The van der Waals surface area contributed by atoms with Gasteiger partial charge in [0.2, 0.25) is 10.0 Å². The van der Waals surface area contributed by atoms with Gasteiger partial charge in [-0.1, -0.05) is 26.7 Å². The molecule has 0 aliphatic carbocycles. The van der Waals surface area contributed by atoms with Crippen molar-refractivity contribution in [2.75, 3.05) is 0 Å². The van der Waals surface area contributed by atoms with Crippen molar-refractivity contribution in [3.63, 3.8) is 0 Å². The number of aromatic nitrogens is 1. The van der Waals surface area contributed by atoms with Crippen molar-refractivity contribution < 1.29 is 13.5 Å². The maximum atomic E-state index is 12.3. The average molecular weight is 316 g/mol. The summed E-state index contributed by atoms with van der Waals surface area (Å²) in [7, 11) is -3.51. The van der Waals surface area contributed by atoms with E-state index in [1.165, 1.54) is 6.07 Å². The van der Waals surface area contributed by atoms with Gasteiger partial charge in [-0.05, 0) is 32.3 Å². The molecular formula is C15H28N2O3S. The van der Waals surface area contributed by atoms with E-state index in [0.29, 0.717) is 18.2 Å². The smallest absolute Gasteiger partial charge is 0.242 e. The zero-order valence-electron chi connectivity index (χ0n) is 13.5. The quantitative estimate of drug-likeness (QED) is 0.735. The molecule has 21 heavy (non-hydrogen) atoms. The minimum atomic E-state index is -3.51. The molecule has 122 valence electrons. The zero-order chi connectivity index (χ0) is 16.0. The van der Waals surface area contributed by atoms with Crippen LogP contribution in [-0.2, 0) is 23.2 Å². The van der Waals surface area contributed by atoms with E-state index in [4.69, 9.17) is 0 Å². The molecule has 0 radical (unpaired) electrons. The average Bonchev–Trinajstić information content (AvgIpc) is 2.81. The fourth-order valence-electron chi connectivity index (χ4n) is 2.32. The first-order valence-corrected chi connectivity index (χ1v) is 9.10. The van der Waals surface area contributed by atoms with Gasteiger partial charge in [0.25, 0.3) is 0 Å². The summed E-state index contributed by atoms with van der Waals surface area (Å²) < 4.78 is 29.1. The van der Waals surface area contributed by atoms with E-state index in [-0.39, 0.29) is 17.5 Å². The second-order valence-corrected chi connectivity index (χ2v) is 7.67. The van der Waals surface area contributed by atoms with Crippen molar-refractivity contribution in [2.24, 2.45) is 5.92 Å². The van der Waals surface area contributed by atoms with Crippen molar-refractivity contribution in [1.82, 2.24) is 9.29 Å². The van der Waals surface area contributed by atoms with E-state index < -0.39 is 10.0 Å². The Balaban J connectivity index is 2.70. The van der Waals surface area contributed by atoms with Crippen LogP contribution >= 0.6 is 0 Å². The normalized spacial score (nSPS) is 13.8. The molecule has 0 fully saturated rings. The van der Waals surface area contributed by atoms with Crippen LogP contribution in [0.25, 0.3) is 0 Å². The Bertz CT molecular complexity index is 514. The molecule has 0 bridgehead atoms. The molecule has 6 heteroatoms. The van der Waals surface area contributed by atoms with E-state index in [1.54, 1.807) is 10.8 Å². The van der Waals surface area contributed by atoms with E-state index in [1.807, 2.05) is 13.8 Å². The van der Waals surface area contributed by atoms with Crippen LogP contribution in [0.15, 0.2) is 17.2 Å². The number of hydrogen-bond acceptors (Lipinski definition) is 3. The summed E-state index contributed by atoms with van der Waals surface area (Å²) in [5.74, 6) is 0.638. The number of rotatable bonds is 9. The van der Waals surface area contributed by atoms with Gasteiger partial charge in [0.15, 0.2) is 0 Å². The number of aliphatic hydroxyl groups excluding tert-OH is 1. The van der Waals surface area contributed by atoms with Gasteiger partial charge < -0.3 is 9.67 Å². The van der Waals surface area contributed by atoms with Crippen LogP contribution in [0.2, 0.25) is 0 Å². The van der Waals surface area contributed by atoms with Crippen LogP contribution in [0.4, 0.5) is 0 Å². The lowest BCUT2D eigenvalue weighted by Crippen LogP contribution is -2.32. The number of nitrogens with zero attached hydrogens (tertiary/aromatic N) is 1. The Morgan fingerprint density at radius 2 is 1.95 bits per heavy atom. The number of hydrogen-bond donors (Lipinski definition) is 2. The first kappa shape index (κ1) is 18.2. The van der Waals surface area contributed by atoms with Crippen LogP contribution in [-0.4, -0.2) is 24.1 Å². The fraction of sp³-hybridized carbons (Fsp3) is 0.733. The Kier molecular flexibility index (Phi) is 6.90. The third-order valence-corrected chi connectivity index (χ3v) is 5.11. The molecule has 0 saturated carbocycles. The first-order valence-electron chi connectivity index (χ1n) is 7.62. The molecule has 0 aliphatic heterocycles. The van der Waals surface area contributed by atoms with Crippen LogP contribution in [0.5, 0.6) is 0 Å². The molecule has 1 aromatic rings. The lowest BCUT2D eigenvalue weighted by Gasteiger charge is -2.14. The summed E-state index contributed by atoms with van der Waals surface area (Å²) in [6, 6.07) is 1.45. The maximum absolute atomic E-state index is 12.3. The molecule has 0 spiro atoms. The highest BCUT2D eigenvalue weighted by molar-refractivity contribution is 7.89. The van der Waals surface area contributed by atoms with Gasteiger partial charge in [-0.25, -0.2) is 13.1 Å². The summed E-state index contributed by atoms with van der Waals surface area (Å²) in [5, 5.41) is 9.24. The van der Waals surface area contributed by atoms with Crippen molar-refractivity contribution in [1.29, 1.82) is 0 Å². The van der Waals surface area contributed by atoms with Crippen LogP contribution < -0.4 is 4.72 Å². The van der Waals surface area contributed by atoms with Crippen LogP contribution in [0.3, 0.4) is 0 Å².